The number of methoxy groups -OCH3 is 3. The zero-order chi connectivity index (χ0) is 16.1. The maximum absolute atomic E-state index is 11.0. The summed E-state index contributed by atoms with van der Waals surface area (Å²) in [5.41, 5.74) is 1.47. The van der Waals surface area contributed by atoms with Gasteiger partial charge in [-0.15, -0.1) is 0 Å². The lowest BCUT2D eigenvalue weighted by Crippen LogP contribution is -2.14. The number of benzene rings is 1. The molecule has 0 unspecified atom stereocenters. The van der Waals surface area contributed by atoms with Crippen LogP contribution in [0, 0.1) is 10.1 Å². The summed E-state index contributed by atoms with van der Waals surface area (Å²) in [5.74, 6) is 0.965. The highest BCUT2D eigenvalue weighted by Gasteiger charge is 2.24. The van der Waals surface area contributed by atoms with E-state index in [1.54, 1.807) is 24.4 Å². The van der Waals surface area contributed by atoms with Crippen molar-refractivity contribution in [2.75, 3.05) is 27.9 Å². The van der Waals surface area contributed by atoms with Crippen molar-refractivity contribution < 1.29 is 19.1 Å². The molecule has 1 atom stereocenters. The number of nitro groups is 1. The van der Waals surface area contributed by atoms with Crippen LogP contribution in [0.15, 0.2) is 30.5 Å². The fourth-order valence-corrected chi connectivity index (χ4v) is 2.40. The maximum atomic E-state index is 11.0. The molecule has 1 heterocycles. The van der Waals surface area contributed by atoms with E-state index in [0.29, 0.717) is 22.8 Å². The highest BCUT2D eigenvalue weighted by molar-refractivity contribution is 5.55. The molecule has 118 valence electrons. The summed E-state index contributed by atoms with van der Waals surface area (Å²) < 4.78 is 15.9. The fourth-order valence-electron chi connectivity index (χ4n) is 2.40. The van der Waals surface area contributed by atoms with Crippen molar-refractivity contribution in [3.8, 4) is 17.2 Å². The van der Waals surface area contributed by atoms with Crippen molar-refractivity contribution in [3.05, 3.63) is 51.8 Å². The van der Waals surface area contributed by atoms with Crippen molar-refractivity contribution in [2.45, 2.75) is 5.92 Å². The average molecular weight is 306 g/mol. The van der Waals surface area contributed by atoms with E-state index < -0.39 is 5.92 Å². The topological polar surface area (TPSA) is 86.6 Å². The van der Waals surface area contributed by atoms with Crippen LogP contribution in [-0.4, -0.2) is 37.8 Å². The Morgan fingerprint density at radius 3 is 2.23 bits per heavy atom. The van der Waals surface area contributed by atoms with Gasteiger partial charge < -0.3 is 19.2 Å². The number of H-pyrrole nitrogens is 1. The largest absolute Gasteiger partial charge is 0.493 e. The van der Waals surface area contributed by atoms with Crippen molar-refractivity contribution >= 4 is 0 Å². The van der Waals surface area contributed by atoms with Gasteiger partial charge in [0.05, 0.1) is 27.2 Å². The maximum Gasteiger partial charge on any atom is 0.216 e. The van der Waals surface area contributed by atoms with Crippen LogP contribution < -0.4 is 14.2 Å². The summed E-state index contributed by atoms with van der Waals surface area (Å²) in [6.45, 7) is -0.237. The molecule has 0 aliphatic carbocycles. The Kier molecular flexibility index (Phi) is 4.88. The lowest BCUT2D eigenvalue weighted by Gasteiger charge is -2.17. The molecule has 2 aromatic rings. The van der Waals surface area contributed by atoms with E-state index in [2.05, 4.69) is 4.98 Å². The first-order valence-corrected chi connectivity index (χ1v) is 6.65. The molecule has 0 radical (unpaired) electrons. The minimum atomic E-state index is -0.432. The van der Waals surface area contributed by atoms with E-state index in [-0.39, 0.29) is 11.5 Å². The number of nitrogens with one attached hydrogen (secondary N) is 1. The summed E-state index contributed by atoms with van der Waals surface area (Å²) in [6, 6.07) is 7.09. The van der Waals surface area contributed by atoms with Gasteiger partial charge >= 0.3 is 0 Å². The predicted octanol–water partition coefficient (Wildman–Crippen LogP) is 2.45. The molecule has 0 aliphatic heterocycles. The molecule has 0 amide bonds. The second-order valence-electron chi connectivity index (χ2n) is 4.65. The number of hydrogen-bond donors (Lipinski definition) is 1. The van der Waals surface area contributed by atoms with Crippen molar-refractivity contribution in [2.24, 2.45) is 0 Å². The number of hydrogen-bond acceptors (Lipinski definition) is 5. The Balaban J connectivity index is 2.54. The van der Waals surface area contributed by atoms with Gasteiger partial charge in [-0.25, -0.2) is 0 Å². The van der Waals surface area contributed by atoms with Gasteiger partial charge in [0.15, 0.2) is 11.5 Å². The van der Waals surface area contributed by atoms with Gasteiger partial charge in [0.25, 0.3) is 0 Å². The lowest BCUT2D eigenvalue weighted by molar-refractivity contribution is -0.481. The van der Waals surface area contributed by atoms with Crippen LogP contribution in [0.25, 0.3) is 0 Å². The first-order chi connectivity index (χ1) is 10.6. The molecule has 0 saturated heterocycles. The zero-order valence-electron chi connectivity index (χ0n) is 12.7. The monoisotopic (exact) mass is 306 g/mol. The predicted molar refractivity (Wildman–Crippen MR) is 80.6 cm³/mol. The molecule has 1 aromatic heterocycles. The second-order valence-corrected chi connectivity index (χ2v) is 4.65. The summed E-state index contributed by atoms with van der Waals surface area (Å²) in [4.78, 5) is 13.7. The van der Waals surface area contributed by atoms with Crippen molar-refractivity contribution in [1.29, 1.82) is 0 Å². The Morgan fingerprint density at radius 2 is 1.82 bits per heavy atom. The highest BCUT2D eigenvalue weighted by atomic mass is 16.6. The van der Waals surface area contributed by atoms with E-state index in [0.717, 1.165) is 5.69 Å². The molecule has 0 aliphatic rings. The number of aromatic nitrogens is 1. The standard InChI is InChI=1S/C15H18N2O5/c1-20-13-7-10(8-14(21-2)15(13)22-3)11(9-17(18)19)12-5-4-6-16-12/h4-8,11,16H,9H2,1-3H3/t11-/m1/s1. The lowest BCUT2D eigenvalue weighted by atomic mass is 9.95. The molecule has 22 heavy (non-hydrogen) atoms. The third-order valence-corrected chi connectivity index (χ3v) is 3.42. The van der Waals surface area contributed by atoms with Crippen molar-refractivity contribution in [3.63, 3.8) is 0 Å². The van der Waals surface area contributed by atoms with Gasteiger partial charge in [-0.2, -0.15) is 0 Å². The SMILES string of the molecule is COc1cc([C@@H](C[N+](=O)[O-])c2ccc[nH]2)cc(OC)c1OC. The molecule has 0 saturated carbocycles. The summed E-state index contributed by atoms with van der Waals surface area (Å²) in [6.07, 6.45) is 1.74. The summed E-state index contributed by atoms with van der Waals surface area (Å²) >= 11 is 0. The molecular formula is C15H18N2O5. The Morgan fingerprint density at radius 1 is 1.18 bits per heavy atom. The Labute approximate surface area is 128 Å². The molecule has 7 nitrogen and oxygen atoms in total. The van der Waals surface area contributed by atoms with Crippen LogP contribution in [0.2, 0.25) is 0 Å². The van der Waals surface area contributed by atoms with Gasteiger partial charge in [0, 0.05) is 16.8 Å². The molecule has 1 aromatic carbocycles. The highest BCUT2D eigenvalue weighted by Crippen LogP contribution is 2.41. The van der Waals surface area contributed by atoms with Crippen LogP contribution in [0.4, 0.5) is 0 Å². The van der Waals surface area contributed by atoms with Gasteiger partial charge in [0.1, 0.15) is 0 Å². The van der Waals surface area contributed by atoms with Crippen LogP contribution >= 0.6 is 0 Å². The quantitative estimate of drug-likeness (QED) is 0.627. The first kappa shape index (κ1) is 15.7. The van der Waals surface area contributed by atoms with Gasteiger partial charge in [-0.1, -0.05) is 0 Å². The molecule has 0 fully saturated rings. The third kappa shape index (κ3) is 3.13. The van der Waals surface area contributed by atoms with Gasteiger partial charge in [-0.3, -0.25) is 10.1 Å². The molecule has 2 rings (SSSR count). The van der Waals surface area contributed by atoms with E-state index in [9.17, 15) is 10.1 Å². The molecule has 0 bridgehead atoms. The Hall–Kier alpha value is -2.70. The van der Waals surface area contributed by atoms with Crippen LogP contribution in [0.1, 0.15) is 17.2 Å². The van der Waals surface area contributed by atoms with Crippen LogP contribution in [0.5, 0.6) is 17.2 Å². The van der Waals surface area contributed by atoms with Gasteiger partial charge in [-0.05, 0) is 29.8 Å². The number of rotatable bonds is 7. The molecule has 7 heteroatoms. The number of aromatic amines is 1. The fraction of sp³-hybridized carbons (Fsp3) is 0.333. The van der Waals surface area contributed by atoms with E-state index >= 15 is 0 Å². The van der Waals surface area contributed by atoms with Crippen LogP contribution in [-0.2, 0) is 0 Å². The van der Waals surface area contributed by atoms with E-state index in [4.69, 9.17) is 14.2 Å². The van der Waals surface area contributed by atoms with E-state index in [1.807, 2.05) is 6.07 Å². The second kappa shape index (κ2) is 6.84. The van der Waals surface area contributed by atoms with Gasteiger partial charge in [0.2, 0.25) is 12.3 Å². The minimum absolute atomic E-state index is 0.237. The molecule has 0 spiro atoms. The minimum Gasteiger partial charge on any atom is -0.493 e. The summed E-state index contributed by atoms with van der Waals surface area (Å²) in [5, 5.41) is 11.0. The zero-order valence-corrected chi connectivity index (χ0v) is 12.7. The normalized spacial score (nSPS) is 11.8. The van der Waals surface area contributed by atoms with E-state index in [1.165, 1.54) is 21.3 Å². The molecular weight excluding hydrogens is 288 g/mol. The Bertz CT molecular complexity index is 614. The average Bonchev–Trinajstić information content (AvgIpc) is 3.05. The number of ether oxygens (including phenoxy) is 3. The first-order valence-electron chi connectivity index (χ1n) is 6.65. The molecule has 1 N–H and O–H groups in total. The number of nitrogens with zero attached hydrogens (tertiary/aromatic N) is 1. The third-order valence-electron chi connectivity index (χ3n) is 3.42. The smallest absolute Gasteiger partial charge is 0.216 e. The van der Waals surface area contributed by atoms with Crippen LogP contribution in [0.3, 0.4) is 0 Å². The van der Waals surface area contributed by atoms with Crippen molar-refractivity contribution in [1.82, 2.24) is 4.98 Å². The summed E-state index contributed by atoms with van der Waals surface area (Å²) in [7, 11) is 4.54.